The Kier molecular flexibility index (Phi) is 6.47. The van der Waals surface area contributed by atoms with Gasteiger partial charge in [0.25, 0.3) is 0 Å². The van der Waals surface area contributed by atoms with Crippen LogP contribution in [0, 0.1) is 5.82 Å². The topological polar surface area (TPSA) is 54.0 Å². The predicted octanol–water partition coefficient (Wildman–Crippen LogP) is 3.66. The molecule has 1 fully saturated rings. The van der Waals surface area contributed by atoms with Crippen LogP contribution in [0.5, 0.6) is 0 Å². The summed E-state index contributed by atoms with van der Waals surface area (Å²) in [6, 6.07) is 6.96. The molecule has 1 heterocycles. The van der Waals surface area contributed by atoms with E-state index in [-0.39, 0.29) is 18.5 Å². The van der Waals surface area contributed by atoms with Crippen LogP contribution in [0.3, 0.4) is 0 Å². The number of nitrogens with zero attached hydrogens (tertiary/aromatic N) is 3. The number of hydrogen-bond donors (Lipinski definition) is 1. The van der Waals surface area contributed by atoms with E-state index in [9.17, 15) is 4.39 Å². The Bertz CT molecular complexity index is 594. The van der Waals surface area contributed by atoms with E-state index in [4.69, 9.17) is 5.73 Å². The highest BCUT2D eigenvalue weighted by molar-refractivity contribution is 5.93. The van der Waals surface area contributed by atoms with Crippen LogP contribution >= 0.6 is 0 Å². The highest BCUT2D eigenvalue weighted by Crippen LogP contribution is 2.34. The molecule has 23 heavy (non-hydrogen) atoms. The lowest BCUT2D eigenvalue weighted by atomic mass is 10.00. The Balaban J connectivity index is 2.40. The second kappa shape index (κ2) is 8.58. The predicted molar refractivity (Wildman–Crippen MR) is 94.1 cm³/mol. The van der Waals surface area contributed by atoms with E-state index in [1.165, 1.54) is 6.07 Å². The molecule has 0 aliphatic carbocycles. The van der Waals surface area contributed by atoms with Gasteiger partial charge in [-0.25, -0.2) is 9.38 Å². The summed E-state index contributed by atoms with van der Waals surface area (Å²) in [6.45, 7) is 6.65. The third-order valence-electron chi connectivity index (χ3n) is 4.15. The lowest BCUT2D eigenvalue weighted by Crippen LogP contribution is -2.28. The molecule has 0 saturated carbocycles. The van der Waals surface area contributed by atoms with Crippen molar-refractivity contribution in [1.29, 1.82) is 0 Å². The van der Waals surface area contributed by atoms with E-state index >= 15 is 0 Å². The van der Waals surface area contributed by atoms with E-state index in [1.54, 1.807) is 6.07 Å². The number of likely N-dealkylation sites (tertiary alicyclic amines) is 1. The maximum Gasteiger partial charge on any atom is 0.130 e. The van der Waals surface area contributed by atoms with Crippen LogP contribution < -0.4 is 5.73 Å². The van der Waals surface area contributed by atoms with Crippen molar-refractivity contribution in [3.05, 3.63) is 47.5 Å². The molecule has 5 heteroatoms. The third kappa shape index (κ3) is 4.48. The van der Waals surface area contributed by atoms with Crippen LogP contribution in [0.1, 0.15) is 44.2 Å². The molecule has 2 rings (SSSR count). The lowest BCUT2D eigenvalue weighted by Gasteiger charge is -2.32. The van der Waals surface area contributed by atoms with Crippen LogP contribution in [-0.2, 0) is 0 Å². The Hall–Kier alpha value is -2.01. The van der Waals surface area contributed by atoms with Gasteiger partial charge in [0.15, 0.2) is 0 Å². The summed E-state index contributed by atoms with van der Waals surface area (Å²) in [5, 5.41) is 0. The quantitative estimate of drug-likeness (QED) is 0.843. The standard InChI is InChI=1S/C18H25FN4/c1-14(22-13-20)12-18(21-2)23-11-7-3-4-10-17(23)15-8-5-6-9-16(15)19/h5-6,8-9,12,17H,2-4,7,10-11,13,20H2,1H3/b18-12+,22-14-. The largest absolute Gasteiger partial charge is 0.349 e. The highest BCUT2D eigenvalue weighted by Gasteiger charge is 2.26. The van der Waals surface area contributed by atoms with Crippen molar-refractivity contribution in [2.75, 3.05) is 13.2 Å². The molecule has 1 aromatic rings. The molecule has 124 valence electrons. The van der Waals surface area contributed by atoms with Gasteiger partial charge >= 0.3 is 0 Å². The number of rotatable bonds is 5. The zero-order chi connectivity index (χ0) is 16.7. The van der Waals surface area contributed by atoms with E-state index in [1.807, 2.05) is 25.1 Å². The zero-order valence-electron chi connectivity index (χ0n) is 13.7. The Morgan fingerprint density at radius 1 is 1.39 bits per heavy atom. The minimum absolute atomic E-state index is 0.0267. The van der Waals surface area contributed by atoms with Gasteiger partial charge in [-0.15, -0.1) is 0 Å². The monoisotopic (exact) mass is 316 g/mol. The molecule has 1 aromatic carbocycles. The number of halogens is 1. The fourth-order valence-corrected chi connectivity index (χ4v) is 3.05. The first-order valence-corrected chi connectivity index (χ1v) is 8.08. The molecule has 4 nitrogen and oxygen atoms in total. The zero-order valence-corrected chi connectivity index (χ0v) is 13.7. The van der Waals surface area contributed by atoms with Gasteiger partial charge < -0.3 is 10.6 Å². The van der Waals surface area contributed by atoms with Crippen molar-refractivity contribution >= 4 is 12.4 Å². The van der Waals surface area contributed by atoms with Crippen LogP contribution in [0.2, 0.25) is 0 Å². The third-order valence-corrected chi connectivity index (χ3v) is 4.15. The molecule has 0 bridgehead atoms. The van der Waals surface area contributed by atoms with Gasteiger partial charge in [0.05, 0.1) is 12.7 Å². The number of aliphatic imine (C=N–C) groups is 2. The molecule has 1 aliphatic rings. The average molecular weight is 316 g/mol. The number of nitrogens with two attached hydrogens (primary N) is 1. The first-order chi connectivity index (χ1) is 11.2. The van der Waals surface area contributed by atoms with Gasteiger partial charge in [-0.3, -0.25) is 4.99 Å². The van der Waals surface area contributed by atoms with E-state index < -0.39 is 0 Å². The molecule has 1 aliphatic heterocycles. The number of hydrogen-bond acceptors (Lipinski definition) is 4. The molecule has 1 unspecified atom stereocenters. The molecule has 0 radical (unpaired) electrons. The smallest absolute Gasteiger partial charge is 0.130 e. The van der Waals surface area contributed by atoms with Crippen molar-refractivity contribution in [3.8, 4) is 0 Å². The van der Waals surface area contributed by atoms with Gasteiger partial charge in [-0.2, -0.15) is 0 Å². The van der Waals surface area contributed by atoms with Gasteiger partial charge in [0.2, 0.25) is 0 Å². The first kappa shape index (κ1) is 17.3. The lowest BCUT2D eigenvalue weighted by molar-refractivity contribution is 0.252. The SMILES string of the molecule is C=N/C(=C\C(C)=N/CN)N1CCCCCC1c1ccccc1F. The fourth-order valence-electron chi connectivity index (χ4n) is 3.05. The van der Waals surface area contributed by atoms with Crippen LogP contribution in [-0.4, -0.2) is 30.5 Å². The number of benzene rings is 1. The summed E-state index contributed by atoms with van der Waals surface area (Å²) in [6.07, 6.45) is 6.06. The van der Waals surface area contributed by atoms with Crippen LogP contribution in [0.15, 0.2) is 46.1 Å². The second-order valence-corrected chi connectivity index (χ2v) is 5.72. The summed E-state index contributed by atoms with van der Waals surface area (Å²) in [5.74, 6) is 0.565. The summed E-state index contributed by atoms with van der Waals surface area (Å²) < 4.78 is 14.3. The fraction of sp³-hybridized carbons (Fsp3) is 0.444. The van der Waals surface area contributed by atoms with Gasteiger partial charge in [0, 0.05) is 23.9 Å². The maximum absolute atomic E-state index is 14.3. The highest BCUT2D eigenvalue weighted by atomic mass is 19.1. The molecule has 0 spiro atoms. The molecule has 2 N–H and O–H groups in total. The molecule has 1 saturated heterocycles. The second-order valence-electron chi connectivity index (χ2n) is 5.72. The number of allylic oxidation sites excluding steroid dienone is 1. The summed E-state index contributed by atoms with van der Waals surface area (Å²) in [4.78, 5) is 10.5. The van der Waals surface area contributed by atoms with Crippen molar-refractivity contribution in [2.45, 2.75) is 38.6 Å². The van der Waals surface area contributed by atoms with Crippen molar-refractivity contribution in [3.63, 3.8) is 0 Å². The molecule has 0 amide bonds. The minimum atomic E-state index is -0.167. The molecule has 0 aromatic heterocycles. The first-order valence-electron chi connectivity index (χ1n) is 8.08. The van der Waals surface area contributed by atoms with E-state index in [0.29, 0.717) is 0 Å². The Labute approximate surface area is 137 Å². The summed E-state index contributed by atoms with van der Waals surface area (Å²) in [5.41, 5.74) is 6.98. The van der Waals surface area contributed by atoms with E-state index in [0.717, 1.165) is 49.3 Å². The van der Waals surface area contributed by atoms with Gasteiger partial charge in [0.1, 0.15) is 11.6 Å². The Morgan fingerprint density at radius 2 is 2.17 bits per heavy atom. The summed E-state index contributed by atoms with van der Waals surface area (Å²) >= 11 is 0. The van der Waals surface area contributed by atoms with Crippen LogP contribution in [0.4, 0.5) is 4.39 Å². The average Bonchev–Trinajstić information content (AvgIpc) is 2.79. The summed E-state index contributed by atoms with van der Waals surface area (Å²) in [7, 11) is 0. The van der Waals surface area contributed by atoms with Crippen molar-refractivity contribution in [1.82, 2.24) is 4.90 Å². The molecular formula is C18H25FN4. The molecule has 1 atom stereocenters. The minimum Gasteiger partial charge on any atom is -0.349 e. The Morgan fingerprint density at radius 3 is 2.87 bits per heavy atom. The normalized spacial score (nSPS) is 20.3. The van der Waals surface area contributed by atoms with Crippen molar-refractivity contribution in [2.24, 2.45) is 15.7 Å². The molecular weight excluding hydrogens is 291 g/mol. The van der Waals surface area contributed by atoms with Gasteiger partial charge in [-0.1, -0.05) is 31.0 Å². The van der Waals surface area contributed by atoms with Gasteiger partial charge in [-0.05, 0) is 32.5 Å². The van der Waals surface area contributed by atoms with Crippen LogP contribution in [0.25, 0.3) is 0 Å². The van der Waals surface area contributed by atoms with Crippen molar-refractivity contribution < 1.29 is 4.39 Å². The van der Waals surface area contributed by atoms with E-state index in [2.05, 4.69) is 21.6 Å². The maximum atomic E-state index is 14.3.